The van der Waals surface area contributed by atoms with E-state index < -0.39 is 23.8 Å². The van der Waals surface area contributed by atoms with Crippen molar-refractivity contribution in [1.82, 2.24) is 10.2 Å². The van der Waals surface area contributed by atoms with Crippen molar-refractivity contribution in [3.8, 4) is 11.1 Å². The van der Waals surface area contributed by atoms with Gasteiger partial charge in [-0.25, -0.2) is 14.4 Å². The number of hydrogen-bond donors (Lipinski definition) is 2. The molecular weight excluding hydrogens is 540 g/mol. The fourth-order valence-electron chi connectivity index (χ4n) is 5.77. The Kier molecular flexibility index (Phi) is 8.35. The van der Waals surface area contributed by atoms with Gasteiger partial charge in [0.2, 0.25) is 0 Å². The monoisotopic (exact) mass is 576 g/mol. The zero-order chi connectivity index (χ0) is 29.1. The summed E-state index contributed by atoms with van der Waals surface area (Å²) in [7, 11) is 0. The molecule has 0 spiro atoms. The lowest BCUT2D eigenvalue weighted by atomic mass is 9.90. The summed E-state index contributed by atoms with van der Waals surface area (Å²) in [6, 6.07) is 17.9. The molecule has 5 rings (SSSR count). The molecule has 1 saturated carbocycles. The maximum absolute atomic E-state index is 13.7. The molecule has 1 aromatic heterocycles. The van der Waals surface area contributed by atoms with Crippen molar-refractivity contribution in [2.75, 3.05) is 6.61 Å². The molecule has 0 unspecified atom stereocenters. The van der Waals surface area contributed by atoms with Crippen molar-refractivity contribution in [2.24, 2.45) is 0 Å². The van der Waals surface area contributed by atoms with E-state index in [0.29, 0.717) is 25.7 Å². The van der Waals surface area contributed by atoms with Gasteiger partial charge in [0.15, 0.2) is 0 Å². The van der Waals surface area contributed by atoms with Gasteiger partial charge in [-0.2, -0.15) is 0 Å². The van der Waals surface area contributed by atoms with E-state index in [9.17, 15) is 19.5 Å². The SMILES string of the molecule is CC(C)(C)OC(=O)NC1CCC(N(Cc2cc(C(=O)O)cs2)C(=O)OCC2c3ccccc3-c3ccccc32)CC1. The Hall–Kier alpha value is -3.85. The first-order valence-corrected chi connectivity index (χ1v) is 14.9. The molecular formula is C32H36N2O6S. The lowest BCUT2D eigenvalue weighted by Gasteiger charge is -2.36. The molecule has 3 aromatic rings. The molecule has 9 heteroatoms. The second-order valence-corrected chi connectivity index (χ2v) is 12.7. The van der Waals surface area contributed by atoms with Crippen molar-refractivity contribution in [2.45, 2.75) is 76.6 Å². The quantitative estimate of drug-likeness (QED) is 0.313. The fraction of sp³-hybridized carbons (Fsp3) is 0.406. The molecule has 0 aliphatic heterocycles. The first-order valence-electron chi connectivity index (χ1n) is 14.0. The second kappa shape index (κ2) is 11.9. The van der Waals surface area contributed by atoms with Gasteiger partial charge in [-0.3, -0.25) is 0 Å². The number of alkyl carbamates (subject to hydrolysis) is 1. The van der Waals surface area contributed by atoms with Gasteiger partial charge in [0.05, 0.1) is 12.1 Å². The van der Waals surface area contributed by atoms with Gasteiger partial charge in [0, 0.05) is 28.3 Å². The number of hydrogen-bond acceptors (Lipinski definition) is 6. The van der Waals surface area contributed by atoms with Gasteiger partial charge in [-0.05, 0) is 74.8 Å². The van der Waals surface area contributed by atoms with Crippen molar-refractivity contribution in [1.29, 1.82) is 0 Å². The molecule has 41 heavy (non-hydrogen) atoms. The third-order valence-corrected chi connectivity index (χ3v) is 8.58. The predicted octanol–water partition coefficient (Wildman–Crippen LogP) is 7.03. The summed E-state index contributed by atoms with van der Waals surface area (Å²) < 4.78 is 11.4. The number of amides is 2. The number of rotatable bonds is 7. The number of fused-ring (bicyclic) bond motifs is 3. The van der Waals surface area contributed by atoms with E-state index in [1.54, 1.807) is 16.3 Å². The van der Waals surface area contributed by atoms with Crippen molar-refractivity contribution >= 4 is 29.5 Å². The highest BCUT2D eigenvalue weighted by atomic mass is 32.1. The van der Waals surface area contributed by atoms with Crippen LogP contribution in [0.1, 0.15) is 78.7 Å². The molecule has 1 heterocycles. The normalized spacial score (nSPS) is 18.2. The Morgan fingerprint density at radius 1 is 0.976 bits per heavy atom. The Morgan fingerprint density at radius 3 is 2.15 bits per heavy atom. The smallest absolute Gasteiger partial charge is 0.410 e. The van der Waals surface area contributed by atoms with Gasteiger partial charge in [-0.15, -0.1) is 11.3 Å². The van der Waals surface area contributed by atoms with Crippen LogP contribution in [-0.4, -0.2) is 52.5 Å². The Morgan fingerprint density at radius 2 is 1.59 bits per heavy atom. The summed E-state index contributed by atoms with van der Waals surface area (Å²) in [5.41, 5.74) is 4.26. The summed E-state index contributed by atoms with van der Waals surface area (Å²) >= 11 is 1.32. The molecule has 2 amide bonds. The summed E-state index contributed by atoms with van der Waals surface area (Å²) in [6.45, 7) is 5.97. The number of carboxylic acids is 1. The molecule has 0 atom stereocenters. The molecule has 0 saturated heterocycles. The minimum absolute atomic E-state index is 0.0363. The van der Waals surface area contributed by atoms with Crippen LogP contribution in [0.3, 0.4) is 0 Å². The van der Waals surface area contributed by atoms with E-state index in [1.165, 1.54) is 11.3 Å². The summed E-state index contributed by atoms with van der Waals surface area (Å²) in [5.74, 6) is -1.05. The number of nitrogens with zero attached hydrogens (tertiary/aromatic N) is 1. The van der Waals surface area contributed by atoms with E-state index in [-0.39, 0.29) is 36.7 Å². The van der Waals surface area contributed by atoms with Crippen LogP contribution in [0.5, 0.6) is 0 Å². The third kappa shape index (κ3) is 6.73. The number of aromatic carboxylic acids is 1. The highest BCUT2D eigenvalue weighted by Gasteiger charge is 2.34. The van der Waals surface area contributed by atoms with Crippen LogP contribution in [0.2, 0.25) is 0 Å². The van der Waals surface area contributed by atoms with Gasteiger partial charge >= 0.3 is 18.2 Å². The van der Waals surface area contributed by atoms with E-state index >= 15 is 0 Å². The summed E-state index contributed by atoms with van der Waals surface area (Å²) in [5, 5.41) is 13.9. The lowest BCUT2D eigenvalue weighted by molar-refractivity contribution is 0.0454. The standard InChI is InChI=1S/C32H36N2O6S/c1-32(2,3)40-30(37)33-21-12-14-22(15-13-21)34(17-23-16-20(19-41-23)29(35)36)31(38)39-18-28-26-10-6-4-8-24(26)25-9-5-7-11-27(25)28/h4-11,16,19,21-22,28H,12-15,17-18H2,1-3H3,(H,33,37)(H,35,36). The van der Waals surface area contributed by atoms with Crippen LogP contribution >= 0.6 is 11.3 Å². The van der Waals surface area contributed by atoms with E-state index in [0.717, 1.165) is 27.1 Å². The summed E-state index contributed by atoms with van der Waals surface area (Å²) in [6.07, 6.45) is 1.91. The number of nitrogens with one attached hydrogen (secondary N) is 1. The van der Waals surface area contributed by atoms with Gasteiger partial charge in [-0.1, -0.05) is 48.5 Å². The molecule has 1 fully saturated rings. The Labute approximate surface area is 244 Å². The maximum Gasteiger partial charge on any atom is 0.410 e. The highest BCUT2D eigenvalue weighted by molar-refractivity contribution is 7.10. The predicted molar refractivity (Wildman–Crippen MR) is 157 cm³/mol. The minimum Gasteiger partial charge on any atom is -0.478 e. The molecule has 2 aliphatic carbocycles. The molecule has 2 aliphatic rings. The zero-order valence-electron chi connectivity index (χ0n) is 23.6. The number of thiophene rings is 1. The van der Waals surface area contributed by atoms with Gasteiger partial charge in [0.25, 0.3) is 0 Å². The van der Waals surface area contributed by atoms with Crippen LogP contribution in [-0.2, 0) is 16.0 Å². The van der Waals surface area contributed by atoms with Crippen LogP contribution in [0.4, 0.5) is 9.59 Å². The number of benzene rings is 2. The average molecular weight is 577 g/mol. The van der Waals surface area contributed by atoms with Crippen molar-refractivity contribution in [3.63, 3.8) is 0 Å². The largest absolute Gasteiger partial charge is 0.478 e. The van der Waals surface area contributed by atoms with Crippen molar-refractivity contribution < 1.29 is 29.0 Å². The summed E-state index contributed by atoms with van der Waals surface area (Å²) in [4.78, 5) is 39.9. The topological polar surface area (TPSA) is 105 Å². The molecule has 2 aromatic carbocycles. The molecule has 8 nitrogen and oxygen atoms in total. The maximum atomic E-state index is 13.7. The number of carbonyl (C=O) groups excluding carboxylic acids is 2. The third-order valence-electron chi connectivity index (χ3n) is 7.66. The van der Waals surface area contributed by atoms with E-state index in [4.69, 9.17) is 9.47 Å². The fourth-order valence-corrected chi connectivity index (χ4v) is 6.63. The molecule has 0 bridgehead atoms. The zero-order valence-corrected chi connectivity index (χ0v) is 24.4. The number of ether oxygens (including phenoxy) is 2. The number of carboxylic acid groups (broad SMARTS) is 1. The Balaban J connectivity index is 1.28. The minimum atomic E-state index is -0.992. The van der Waals surface area contributed by atoms with E-state index in [1.807, 2.05) is 45.0 Å². The highest BCUT2D eigenvalue weighted by Crippen LogP contribution is 2.44. The second-order valence-electron chi connectivity index (χ2n) is 11.7. The molecule has 2 N–H and O–H groups in total. The first-order chi connectivity index (χ1) is 19.6. The van der Waals surface area contributed by atoms with Gasteiger partial charge < -0.3 is 24.8 Å². The molecule has 216 valence electrons. The molecule has 0 radical (unpaired) electrons. The number of carbonyl (C=O) groups is 3. The van der Waals surface area contributed by atoms with Crippen LogP contribution < -0.4 is 5.32 Å². The van der Waals surface area contributed by atoms with Crippen LogP contribution in [0, 0.1) is 0 Å². The van der Waals surface area contributed by atoms with Crippen LogP contribution in [0.25, 0.3) is 11.1 Å². The Bertz CT molecular complexity index is 1370. The van der Waals surface area contributed by atoms with Crippen LogP contribution in [0.15, 0.2) is 60.0 Å². The van der Waals surface area contributed by atoms with E-state index in [2.05, 4.69) is 29.6 Å². The van der Waals surface area contributed by atoms with Crippen molar-refractivity contribution in [3.05, 3.63) is 81.5 Å². The lowest BCUT2D eigenvalue weighted by Crippen LogP contribution is -2.47. The average Bonchev–Trinajstić information content (AvgIpc) is 3.53. The van der Waals surface area contributed by atoms with Gasteiger partial charge in [0.1, 0.15) is 12.2 Å². The first kappa shape index (κ1) is 28.7.